The lowest BCUT2D eigenvalue weighted by atomic mass is 10.1. The molecule has 0 aliphatic rings. The zero-order valence-electron chi connectivity index (χ0n) is 9.94. The van der Waals surface area contributed by atoms with E-state index in [-0.39, 0.29) is 11.0 Å². The third-order valence-corrected chi connectivity index (χ3v) is 3.49. The van der Waals surface area contributed by atoms with Crippen molar-refractivity contribution in [1.82, 2.24) is 0 Å². The lowest BCUT2D eigenvalue weighted by Gasteiger charge is -2.19. The monoisotopic (exact) mass is 316 g/mol. The molecule has 0 heterocycles. The highest BCUT2D eigenvalue weighted by Gasteiger charge is 2.29. The molecule has 1 aromatic rings. The van der Waals surface area contributed by atoms with E-state index < -0.39 is 16.4 Å². The van der Waals surface area contributed by atoms with E-state index in [2.05, 4.69) is 21.2 Å². The fraction of sp³-hybridized carbons (Fsp3) is 0.364. The van der Waals surface area contributed by atoms with Crippen LogP contribution in [0.4, 0.5) is 11.4 Å². The molecule has 0 fully saturated rings. The SMILES string of the molecule is Cc1cc(NC(=O)[C@@](C)(O)CBr)ccc1[N+](=O)[O-]. The van der Waals surface area contributed by atoms with Crippen LogP contribution in [0.1, 0.15) is 12.5 Å². The summed E-state index contributed by atoms with van der Waals surface area (Å²) in [6.45, 7) is 2.95. The average Bonchev–Trinajstić information content (AvgIpc) is 2.28. The predicted molar refractivity (Wildman–Crippen MR) is 70.9 cm³/mol. The van der Waals surface area contributed by atoms with Crippen molar-refractivity contribution >= 4 is 33.2 Å². The molecule has 1 atom stereocenters. The molecule has 0 radical (unpaired) electrons. The molecule has 0 aliphatic carbocycles. The van der Waals surface area contributed by atoms with Crippen LogP contribution in [0, 0.1) is 17.0 Å². The Labute approximate surface area is 112 Å². The van der Waals surface area contributed by atoms with Gasteiger partial charge >= 0.3 is 0 Å². The molecule has 0 bridgehead atoms. The number of benzene rings is 1. The molecule has 7 heteroatoms. The molecule has 0 aromatic heterocycles. The number of carbonyl (C=O) groups excluding carboxylic acids is 1. The van der Waals surface area contributed by atoms with Gasteiger partial charge in [0.05, 0.1) is 4.92 Å². The second-order valence-electron chi connectivity index (χ2n) is 4.12. The first kappa shape index (κ1) is 14.6. The zero-order chi connectivity index (χ0) is 13.9. The quantitative estimate of drug-likeness (QED) is 0.504. The number of nitrogens with one attached hydrogen (secondary N) is 1. The number of hydrogen-bond donors (Lipinski definition) is 2. The van der Waals surface area contributed by atoms with Crippen LogP contribution in [0.3, 0.4) is 0 Å². The lowest BCUT2D eigenvalue weighted by molar-refractivity contribution is -0.385. The van der Waals surface area contributed by atoms with Crippen molar-refractivity contribution in [3.63, 3.8) is 0 Å². The molecule has 1 rings (SSSR count). The van der Waals surface area contributed by atoms with Gasteiger partial charge in [0.1, 0.15) is 5.60 Å². The van der Waals surface area contributed by atoms with Gasteiger partial charge in [0.25, 0.3) is 11.6 Å². The summed E-state index contributed by atoms with van der Waals surface area (Å²) in [5.74, 6) is -0.576. The van der Waals surface area contributed by atoms with Gasteiger partial charge < -0.3 is 10.4 Å². The van der Waals surface area contributed by atoms with Crippen LogP contribution in [0.15, 0.2) is 18.2 Å². The number of alkyl halides is 1. The second kappa shape index (κ2) is 5.45. The minimum atomic E-state index is -1.53. The number of anilines is 1. The van der Waals surface area contributed by atoms with Crippen molar-refractivity contribution in [3.8, 4) is 0 Å². The molecule has 1 aromatic carbocycles. The van der Waals surface area contributed by atoms with Gasteiger partial charge in [0.2, 0.25) is 0 Å². The fourth-order valence-electron chi connectivity index (χ4n) is 1.26. The standard InChI is InChI=1S/C11H13BrN2O4/c1-7-5-8(3-4-9(7)14(17)18)13-10(15)11(2,16)6-12/h3-5,16H,6H2,1-2H3,(H,13,15)/t11-/m0/s1. The molecule has 0 aliphatic heterocycles. The summed E-state index contributed by atoms with van der Waals surface area (Å²) in [6, 6.07) is 4.22. The van der Waals surface area contributed by atoms with Crippen LogP contribution in [0.25, 0.3) is 0 Å². The summed E-state index contributed by atoms with van der Waals surface area (Å²) in [5.41, 5.74) is -0.698. The molecule has 18 heavy (non-hydrogen) atoms. The Morgan fingerprint density at radius 2 is 2.22 bits per heavy atom. The topological polar surface area (TPSA) is 92.5 Å². The van der Waals surface area contributed by atoms with Crippen molar-refractivity contribution in [3.05, 3.63) is 33.9 Å². The van der Waals surface area contributed by atoms with Crippen molar-refractivity contribution < 1.29 is 14.8 Å². The number of amides is 1. The first-order valence-electron chi connectivity index (χ1n) is 5.13. The van der Waals surface area contributed by atoms with Gasteiger partial charge in [-0.2, -0.15) is 0 Å². The van der Waals surface area contributed by atoms with Gasteiger partial charge in [0.15, 0.2) is 0 Å². The molecule has 0 spiro atoms. The smallest absolute Gasteiger partial charge is 0.272 e. The molecular formula is C11H13BrN2O4. The van der Waals surface area contributed by atoms with E-state index in [0.717, 1.165) is 0 Å². The molecule has 0 unspecified atom stereocenters. The summed E-state index contributed by atoms with van der Waals surface area (Å²) in [5, 5.41) is 22.9. The molecule has 2 N–H and O–H groups in total. The summed E-state index contributed by atoms with van der Waals surface area (Å²) in [4.78, 5) is 21.8. The van der Waals surface area contributed by atoms with Gasteiger partial charge in [-0.15, -0.1) is 0 Å². The van der Waals surface area contributed by atoms with Gasteiger partial charge in [-0.25, -0.2) is 0 Å². The van der Waals surface area contributed by atoms with E-state index in [1.165, 1.54) is 25.1 Å². The summed E-state index contributed by atoms with van der Waals surface area (Å²) < 4.78 is 0. The Balaban J connectivity index is 2.91. The molecule has 1 amide bonds. The van der Waals surface area contributed by atoms with Crippen LogP contribution >= 0.6 is 15.9 Å². The van der Waals surface area contributed by atoms with E-state index in [4.69, 9.17) is 0 Å². The van der Waals surface area contributed by atoms with E-state index in [1.807, 2.05) is 0 Å². The van der Waals surface area contributed by atoms with Gasteiger partial charge in [-0.1, -0.05) is 15.9 Å². The normalized spacial score (nSPS) is 13.8. The van der Waals surface area contributed by atoms with Crippen molar-refractivity contribution in [2.24, 2.45) is 0 Å². The van der Waals surface area contributed by atoms with E-state index >= 15 is 0 Å². The Hall–Kier alpha value is -1.47. The number of nitro groups is 1. The maximum Gasteiger partial charge on any atom is 0.272 e. The average molecular weight is 317 g/mol. The number of rotatable bonds is 4. The Morgan fingerprint density at radius 3 is 2.67 bits per heavy atom. The highest BCUT2D eigenvalue weighted by molar-refractivity contribution is 9.09. The number of carbonyl (C=O) groups is 1. The van der Waals surface area contributed by atoms with Crippen LogP contribution < -0.4 is 5.32 Å². The van der Waals surface area contributed by atoms with E-state index in [9.17, 15) is 20.0 Å². The van der Waals surface area contributed by atoms with Gasteiger partial charge in [-0.3, -0.25) is 14.9 Å². The van der Waals surface area contributed by atoms with Crippen molar-refractivity contribution in [2.45, 2.75) is 19.4 Å². The second-order valence-corrected chi connectivity index (χ2v) is 4.68. The first-order chi connectivity index (χ1) is 8.27. The number of aliphatic hydroxyl groups is 1. The maximum absolute atomic E-state index is 11.7. The predicted octanol–water partition coefficient (Wildman–Crippen LogP) is 1.99. The largest absolute Gasteiger partial charge is 0.379 e. The highest BCUT2D eigenvalue weighted by atomic mass is 79.9. The summed E-state index contributed by atoms with van der Waals surface area (Å²) in [7, 11) is 0. The van der Waals surface area contributed by atoms with E-state index in [1.54, 1.807) is 6.92 Å². The molecule has 0 saturated heterocycles. The third-order valence-electron chi connectivity index (χ3n) is 2.40. The Morgan fingerprint density at radius 1 is 1.61 bits per heavy atom. The van der Waals surface area contributed by atoms with Crippen molar-refractivity contribution in [2.75, 3.05) is 10.6 Å². The summed E-state index contributed by atoms with van der Waals surface area (Å²) in [6.07, 6.45) is 0. The number of aryl methyl sites for hydroxylation is 1. The van der Waals surface area contributed by atoms with Crippen LogP contribution in [-0.4, -0.2) is 26.9 Å². The number of halogens is 1. The lowest BCUT2D eigenvalue weighted by Crippen LogP contribution is -2.41. The Kier molecular flexibility index (Phi) is 4.42. The van der Waals surface area contributed by atoms with Gasteiger partial charge in [-0.05, 0) is 26.0 Å². The zero-order valence-corrected chi connectivity index (χ0v) is 11.5. The number of hydrogen-bond acceptors (Lipinski definition) is 4. The van der Waals surface area contributed by atoms with Gasteiger partial charge in [0, 0.05) is 22.6 Å². The molecular weight excluding hydrogens is 304 g/mol. The fourth-order valence-corrected chi connectivity index (χ4v) is 1.52. The summed E-state index contributed by atoms with van der Waals surface area (Å²) >= 11 is 3.03. The maximum atomic E-state index is 11.7. The number of nitrogens with zero attached hydrogens (tertiary/aromatic N) is 1. The third kappa shape index (κ3) is 3.27. The van der Waals surface area contributed by atoms with Crippen LogP contribution in [-0.2, 0) is 4.79 Å². The molecule has 98 valence electrons. The Bertz CT molecular complexity index is 488. The minimum Gasteiger partial charge on any atom is -0.379 e. The van der Waals surface area contributed by atoms with Crippen LogP contribution in [0.5, 0.6) is 0 Å². The van der Waals surface area contributed by atoms with E-state index in [0.29, 0.717) is 11.3 Å². The van der Waals surface area contributed by atoms with Crippen molar-refractivity contribution in [1.29, 1.82) is 0 Å². The molecule has 6 nitrogen and oxygen atoms in total. The number of nitro benzene ring substituents is 1. The van der Waals surface area contributed by atoms with Crippen LogP contribution in [0.2, 0.25) is 0 Å². The minimum absolute atomic E-state index is 0.0137. The highest BCUT2D eigenvalue weighted by Crippen LogP contribution is 2.22. The molecule has 0 saturated carbocycles. The first-order valence-corrected chi connectivity index (χ1v) is 6.25.